The van der Waals surface area contributed by atoms with E-state index in [1.54, 1.807) is 30.3 Å². The SMILES string of the molecule is N=[N+]=N.O=S(=O)(O)C1(S(=O)(=O)O)C=CC=CC1C=Cc1ccccc1. The van der Waals surface area contributed by atoms with E-state index >= 15 is 0 Å². The lowest BCUT2D eigenvalue weighted by Gasteiger charge is -2.30. The van der Waals surface area contributed by atoms with E-state index in [-0.39, 0.29) is 0 Å². The molecular formula is C14H16N3O6S2+. The zero-order valence-electron chi connectivity index (χ0n) is 12.7. The highest BCUT2D eigenvalue weighted by Gasteiger charge is 2.57. The molecule has 1 aliphatic carbocycles. The zero-order valence-corrected chi connectivity index (χ0v) is 14.4. The molecule has 25 heavy (non-hydrogen) atoms. The van der Waals surface area contributed by atoms with Gasteiger partial charge in [-0.2, -0.15) is 16.8 Å². The van der Waals surface area contributed by atoms with E-state index < -0.39 is 30.2 Å². The molecule has 0 amide bonds. The minimum atomic E-state index is -5.13. The Balaban J connectivity index is 0.000000970. The number of allylic oxidation sites excluding steroid dienone is 4. The van der Waals surface area contributed by atoms with Crippen LogP contribution in [0.15, 0.2) is 60.7 Å². The van der Waals surface area contributed by atoms with Crippen molar-refractivity contribution in [3.8, 4) is 0 Å². The van der Waals surface area contributed by atoms with Crippen LogP contribution >= 0.6 is 0 Å². The molecule has 1 aromatic carbocycles. The summed E-state index contributed by atoms with van der Waals surface area (Å²) in [6.45, 7) is 0. The number of hydrogen-bond donors (Lipinski definition) is 4. The molecule has 0 saturated heterocycles. The van der Waals surface area contributed by atoms with Gasteiger partial charge >= 0.3 is 0 Å². The number of nitrogens with zero attached hydrogens (tertiary/aromatic N) is 1. The topological polar surface area (TPSA) is 171 Å². The maximum atomic E-state index is 11.7. The third-order valence-electron chi connectivity index (χ3n) is 3.32. The van der Waals surface area contributed by atoms with Crippen molar-refractivity contribution in [3.05, 3.63) is 66.3 Å². The molecule has 1 aliphatic rings. The van der Waals surface area contributed by atoms with Crippen LogP contribution in [-0.2, 0) is 20.2 Å². The van der Waals surface area contributed by atoms with Crippen molar-refractivity contribution in [2.45, 2.75) is 4.08 Å². The van der Waals surface area contributed by atoms with Crippen molar-refractivity contribution in [1.29, 1.82) is 11.1 Å². The summed E-state index contributed by atoms with van der Waals surface area (Å²) >= 11 is 0. The monoisotopic (exact) mass is 386 g/mol. The molecule has 0 bridgehead atoms. The molecule has 0 heterocycles. The number of rotatable bonds is 4. The second kappa shape index (κ2) is 8.10. The average molecular weight is 386 g/mol. The van der Waals surface area contributed by atoms with Gasteiger partial charge in [-0.05, 0) is 11.6 Å². The van der Waals surface area contributed by atoms with Gasteiger partial charge in [0, 0.05) is 5.92 Å². The molecule has 2 rings (SSSR count). The van der Waals surface area contributed by atoms with Gasteiger partial charge in [0.25, 0.3) is 20.2 Å². The molecule has 4 N–H and O–H groups in total. The Morgan fingerprint density at radius 3 is 2.00 bits per heavy atom. The maximum absolute atomic E-state index is 11.7. The summed E-state index contributed by atoms with van der Waals surface area (Å²) < 4.78 is 62.7. The average Bonchev–Trinajstić information content (AvgIpc) is 2.53. The quantitative estimate of drug-likeness (QED) is 0.350. The standard InChI is InChI=1S/C14H14O6S2.H2N3/c15-21(16,17)14(22(18,19)20)11-5-4-8-13(14)10-9-12-6-2-1-3-7-12;1-3-2/h1-11,13H,(H,15,16,17)(H,18,19,20);1-2H/q;+1. The fraction of sp³-hybridized carbons (Fsp3) is 0.143. The van der Waals surface area contributed by atoms with E-state index in [0.717, 1.165) is 12.2 Å². The summed E-state index contributed by atoms with van der Waals surface area (Å²) in [5, 5.41) is 0. The van der Waals surface area contributed by atoms with Gasteiger partial charge in [0.1, 0.15) is 11.1 Å². The molecule has 1 unspecified atom stereocenters. The minimum Gasteiger partial charge on any atom is -0.284 e. The number of hydrogen-bond acceptors (Lipinski definition) is 6. The van der Waals surface area contributed by atoms with E-state index in [1.807, 2.05) is 4.91 Å². The predicted molar refractivity (Wildman–Crippen MR) is 90.6 cm³/mol. The first-order chi connectivity index (χ1) is 11.6. The molecule has 11 heteroatoms. The Kier molecular flexibility index (Phi) is 6.68. The molecule has 0 saturated carbocycles. The van der Waals surface area contributed by atoms with E-state index in [0.29, 0.717) is 5.56 Å². The van der Waals surface area contributed by atoms with Crippen molar-refractivity contribution in [1.82, 2.24) is 4.91 Å². The van der Waals surface area contributed by atoms with E-state index in [9.17, 15) is 25.9 Å². The molecule has 0 spiro atoms. The third kappa shape index (κ3) is 4.56. The van der Waals surface area contributed by atoms with Gasteiger partial charge < -0.3 is 0 Å². The van der Waals surface area contributed by atoms with E-state index in [1.165, 1.54) is 24.3 Å². The van der Waals surface area contributed by atoms with Crippen LogP contribution in [-0.4, -0.2) is 30.0 Å². The molecule has 9 nitrogen and oxygen atoms in total. The summed E-state index contributed by atoms with van der Waals surface area (Å²) in [6.07, 6.45) is 7.44. The van der Waals surface area contributed by atoms with Gasteiger partial charge in [0.2, 0.25) is 8.99 Å². The first-order valence-electron chi connectivity index (χ1n) is 6.66. The van der Waals surface area contributed by atoms with Gasteiger partial charge in [-0.3, -0.25) is 9.11 Å². The highest BCUT2D eigenvalue weighted by Crippen LogP contribution is 2.38. The van der Waals surface area contributed by atoms with Crippen molar-refractivity contribution in [2.75, 3.05) is 0 Å². The molecule has 0 aromatic heterocycles. The van der Waals surface area contributed by atoms with Crippen LogP contribution in [0.4, 0.5) is 0 Å². The summed E-state index contributed by atoms with van der Waals surface area (Å²) in [5.41, 5.74) is 11.7. The summed E-state index contributed by atoms with van der Waals surface area (Å²) in [5.74, 6) is -1.28. The maximum Gasteiger partial charge on any atom is 0.292 e. The van der Waals surface area contributed by atoms with Crippen LogP contribution in [0.5, 0.6) is 0 Å². The molecule has 134 valence electrons. The van der Waals surface area contributed by atoms with Crippen molar-refractivity contribution in [2.24, 2.45) is 5.92 Å². The first kappa shape index (κ1) is 20.6. The van der Waals surface area contributed by atoms with E-state index in [4.69, 9.17) is 11.1 Å². The molecule has 1 aromatic rings. The largest absolute Gasteiger partial charge is 0.292 e. The van der Waals surface area contributed by atoms with Crippen molar-refractivity contribution >= 4 is 26.3 Å². The normalized spacial score (nSPS) is 19.0. The van der Waals surface area contributed by atoms with Gasteiger partial charge in [-0.25, -0.2) is 0 Å². The second-order valence-electron chi connectivity index (χ2n) is 4.82. The van der Waals surface area contributed by atoms with Gasteiger partial charge in [-0.15, -0.1) is 0 Å². The smallest absolute Gasteiger partial charge is 0.284 e. The number of nitrogens with one attached hydrogen (secondary N) is 2. The minimum absolute atomic E-state index is 0.713. The van der Waals surface area contributed by atoms with Gasteiger partial charge in [0.05, 0.1) is 0 Å². The Morgan fingerprint density at radius 1 is 1.00 bits per heavy atom. The molecule has 1 atom stereocenters. The summed E-state index contributed by atoms with van der Waals surface area (Å²) in [7, 11) is -10.3. The van der Waals surface area contributed by atoms with Crippen LogP contribution < -0.4 is 4.91 Å². The lowest BCUT2D eigenvalue weighted by Crippen LogP contribution is -2.50. The molecule has 0 fully saturated rings. The van der Waals surface area contributed by atoms with Crippen LogP contribution in [0, 0.1) is 17.0 Å². The fourth-order valence-electron chi connectivity index (χ4n) is 2.24. The highest BCUT2D eigenvalue weighted by molar-refractivity contribution is 8.05. The molecule has 0 radical (unpaired) electrons. The Hall–Kier alpha value is -2.43. The van der Waals surface area contributed by atoms with Gasteiger partial charge in [-0.1, -0.05) is 60.7 Å². The summed E-state index contributed by atoms with van der Waals surface area (Å²) in [6, 6.07) is 8.79. The third-order valence-corrected chi connectivity index (χ3v) is 7.02. The highest BCUT2D eigenvalue weighted by atomic mass is 32.3. The summed E-state index contributed by atoms with van der Waals surface area (Å²) in [4.78, 5) is 2.00. The second-order valence-corrected chi connectivity index (χ2v) is 8.33. The predicted octanol–water partition coefficient (Wildman–Crippen LogP) is 2.03. The van der Waals surface area contributed by atoms with Gasteiger partial charge in [0.15, 0.2) is 0 Å². The van der Waals surface area contributed by atoms with Crippen molar-refractivity contribution in [3.63, 3.8) is 0 Å². The first-order valence-corrected chi connectivity index (χ1v) is 9.54. The molecular weight excluding hydrogens is 370 g/mol. The number of benzene rings is 1. The Bertz CT molecular complexity index is 896. The van der Waals surface area contributed by atoms with Crippen molar-refractivity contribution < 1.29 is 25.9 Å². The fourth-order valence-corrected chi connectivity index (χ4v) is 4.81. The zero-order chi connectivity index (χ0) is 19.1. The lowest BCUT2D eigenvalue weighted by atomic mass is 9.98. The van der Waals surface area contributed by atoms with Crippen LogP contribution in [0.3, 0.4) is 0 Å². The Morgan fingerprint density at radius 2 is 1.52 bits per heavy atom. The van der Waals surface area contributed by atoms with Crippen LogP contribution in [0.1, 0.15) is 5.56 Å². The Labute approximate surface area is 144 Å². The lowest BCUT2D eigenvalue weighted by molar-refractivity contribution is 0.425. The molecule has 0 aliphatic heterocycles. The van der Waals surface area contributed by atoms with Crippen LogP contribution in [0.25, 0.3) is 6.08 Å². The van der Waals surface area contributed by atoms with Crippen LogP contribution in [0.2, 0.25) is 0 Å². The van der Waals surface area contributed by atoms with E-state index in [2.05, 4.69) is 0 Å².